The van der Waals surface area contributed by atoms with Gasteiger partial charge in [0.25, 0.3) is 0 Å². The van der Waals surface area contributed by atoms with Crippen LogP contribution < -0.4 is 0 Å². The summed E-state index contributed by atoms with van der Waals surface area (Å²) in [6.07, 6.45) is 2.89. The molecule has 0 spiro atoms. The first-order valence-corrected chi connectivity index (χ1v) is 6.42. The van der Waals surface area contributed by atoms with Crippen molar-refractivity contribution in [2.45, 2.75) is 6.42 Å². The molecule has 1 aromatic heterocycles. The molecule has 0 amide bonds. The number of fused-ring (bicyclic) bond motifs is 2. The van der Waals surface area contributed by atoms with Gasteiger partial charge in [0.05, 0.1) is 16.9 Å². The number of hydrogen-bond donors (Lipinski definition) is 0. The van der Waals surface area contributed by atoms with Gasteiger partial charge in [-0.15, -0.1) is 0 Å². The van der Waals surface area contributed by atoms with Gasteiger partial charge in [0.2, 0.25) is 0 Å². The van der Waals surface area contributed by atoms with Gasteiger partial charge in [0.15, 0.2) is 0 Å². The molecular formula is C17H12N2. The van der Waals surface area contributed by atoms with E-state index in [1.807, 2.05) is 18.3 Å². The van der Waals surface area contributed by atoms with Crippen molar-refractivity contribution >= 4 is 22.8 Å². The quantitative estimate of drug-likeness (QED) is 0.631. The van der Waals surface area contributed by atoms with E-state index in [1.54, 1.807) is 0 Å². The summed E-state index contributed by atoms with van der Waals surface area (Å²) < 4.78 is 0. The topological polar surface area (TPSA) is 25.2 Å². The summed E-state index contributed by atoms with van der Waals surface area (Å²) in [6.45, 7) is 0. The molecular weight excluding hydrogens is 232 g/mol. The molecule has 3 aromatic rings. The van der Waals surface area contributed by atoms with Gasteiger partial charge in [-0.2, -0.15) is 0 Å². The number of rotatable bonds is 1. The first-order valence-electron chi connectivity index (χ1n) is 6.42. The van der Waals surface area contributed by atoms with Crippen LogP contribution in [0.5, 0.6) is 0 Å². The van der Waals surface area contributed by atoms with E-state index in [0.717, 1.165) is 28.9 Å². The SMILES string of the molecule is C1=Nc2ccc(-c3ccc4ccccc4n3)cc2C1. The normalized spacial score (nSPS) is 12.8. The summed E-state index contributed by atoms with van der Waals surface area (Å²) in [7, 11) is 0. The van der Waals surface area contributed by atoms with Gasteiger partial charge in [0, 0.05) is 23.6 Å². The van der Waals surface area contributed by atoms with E-state index in [9.17, 15) is 0 Å². The van der Waals surface area contributed by atoms with Crippen LogP contribution in [-0.4, -0.2) is 11.2 Å². The van der Waals surface area contributed by atoms with E-state index < -0.39 is 0 Å². The molecule has 90 valence electrons. The minimum absolute atomic E-state index is 0.927. The standard InChI is InChI=1S/C17H12N2/c1-2-4-16-12(3-1)5-8-17(19-16)13-6-7-15-14(11-13)9-10-18-15/h1-8,10-11H,9H2. The number of aromatic nitrogens is 1. The lowest BCUT2D eigenvalue weighted by Gasteiger charge is -2.05. The smallest absolute Gasteiger partial charge is 0.0709 e. The molecule has 1 aliphatic heterocycles. The van der Waals surface area contributed by atoms with Gasteiger partial charge in [-0.1, -0.05) is 30.3 Å². The van der Waals surface area contributed by atoms with Crippen molar-refractivity contribution in [1.29, 1.82) is 0 Å². The van der Waals surface area contributed by atoms with E-state index in [2.05, 4.69) is 47.5 Å². The molecule has 0 radical (unpaired) electrons. The average molecular weight is 244 g/mol. The Morgan fingerprint density at radius 1 is 0.895 bits per heavy atom. The van der Waals surface area contributed by atoms with E-state index in [4.69, 9.17) is 4.98 Å². The zero-order valence-corrected chi connectivity index (χ0v) is 10.4. The molecule has 0 saturated heterocycles. The second-order valence-corrected chi connectivity index (χ2v) is 4.75. The second kappa shape index (κ2) is 4.02. The van der Waals surface area contributed by atoms with Gasteiger partial charge in [0.1, 0.15) is 0 Å². The molecule has 0 fully saturated rings. The van der Waals surface area contributed by atoms with Gasteiger partial charge in [-0.3, -0.25) is 4.99 Å². The predicted octanol–water partition coefficient (Wildman–Crippen LogP) is 4.16. The zero-order valence-electron chi connectivity index (χ0n) is 10.4. The summed E-state index contributed by atoms with van der Waals surface area (Å²) in [5.74, 6) is 0. The summed E-state index contributed by atoms with van der Waals surface area (Å²) in [5, 5.41) is 1.18. The van der Waals surface area contributed by atoms with Crippen molar-refractivity contribution < 1.29 is 0 Å². The van der Waals surface area contributed by atoms with Crippen LogP contribution in [0, 0.1) is 0 Å². The monoisotopic (exact) mass is 244 g/mol. The fraction of sp³-hybridized carbons (Fsp3) is 0.0588. The maximum Gasteiger partial charge on any atom is 0.0709 e. The Morgan fingerprint density at radius 3 is 2.84 bits per heavy atom. The van der Waals surface area contributed by atoms with Crippen LogP contribution in [0.15, 0.2) is 59.6 Å². The molecule has 2 nitrogen and oxygen atoms in total. The minimum Gasteiger partial charge on any atom is -0.261 e. The van der Waals surface area contributed by atoms with Crippen molar-refractivity contribution in [3.63, 3.8) is 0 Å². The van der Waals surface area contributed by atoms with Crippen molar-refractivity contribution in [2.75, 3.05) is 0 Å². The lowest BCUT2D eigenvalue weighted by molar-refractivity contribution is 1.36. The fourth-order valence-electron chi connectivity index (χ4n) is 2.50. The predicted molar refractivity (Wildman–Crippen MR) is 79.0 cm³/mol. The number of nitrogens with zero attached hydrogens (tertiary/aromatic N) is 2. The van der Waals surface area contributed by atoms with Crippen LogP contribution in [0.3, 0.4) is 0 Å². The first kappa shape index (κ1) is 10.4. The third-order valence-corrected chi connectivity index (χ3v) is 3.52. The highest BCUT2D eigenvalue weighted by Gasteiger charge is 2.08. The lowest BCUT2D eigenvalue weighted by Crippen LogP contribution is -1.87. The summed E-state index contributed by atoms with van der Waals surface area (Å²) in [6, 6.07) is 18.8. The molecule has 0 bridgehead atoms. The van der Waals surface area contributed by atoms with E-state index in [1.165, 1.54) is 10.9 Å². The van der Waals surface area contributed by atoms with E-state index in [-0.39, 0.29) is 0 Å². The third kappa shape index (κ3) is 1.73. The fourth-order valence-corrected chi connectivity index (χ4v) is 2.50. The molecule has 2 aromatic carbocycles. The van der Waals surface area contributed by atoms with E-state index >= 15 is 0 Å². The maximum atomic E-state index is 4.73. The first-order chi connectivity index (χ1) is 9.40. The summed E-state index contributed by atoms with van der Waals surface area (Å²) >= 11 is 0. The average Bonchev–Trinajstić information content (AvgIpc) is 2.94. The van der Waals surface area contributed by atoms with Gasteiger partial charge in [-0.25, -0.2) is 4.98 Å². The van der Waals surface area contributed by atoms with Crippen molar-refractivity contribution in [1.82, 2.24) is 4.98 Å². The van der Waals surface area contributed by atoms with Gasteiger partial charge < -0.3 is 0 Å². The summed E-state index contributed by atoms with van der Waals surface area (Å²) in [4.78, 5) is 9.07. The Kier molecular flexibility index (Phi) is 2.21. The van der Waals surface area contributed by atoms with Crippen LogP contribution >= 0.6 is 0 Å². The number of aliphatic imine (C=N–C) groups is 1. The van der Waals surface area contributed by atoms with Crippen molar-refractivity contribution in [3.05, 3.63) is 60.2 Å². The number of hydrogen-bond acceptors (Lipinski definition) is 2. The Hall–Kier alpha value is -2.48. The lowest BCUT2D eigenvalue weighted by atomic mass is 10.0. The van der Waals surface area contributed by atoms with Crippen molar-refractivity contribution in [3.8, 4) is 11.3 Å². The zero-order chi connectivity index (χ0) is 12.7. The van der Waals surface area contributed by atoms with Crippen LogP contribution in [0.2, 0.25) is 0 Å². The molecule has 19 heavy (non-hydrogen) atoms. The second-order valence-electron chi connectivity index (χ2n) is 4.75. The Bertz CT molecular complexity index is 803. The third-order valence-electron chi connectivity index (χ3n) is 3.52. The highest BCUT2D eigenvalue weighted by atomic mass is 14.7. The van der Waals surface area contributed by atoms with Crippen molar-refractivity contribution in [2.24, 2.45) is 4.99 Å². The van der Waals surface area contributed by atoms with Crippen LogP contribution in [0.4, 0.5) is 5.69 Å². The largest absolute Gasteiger partial charge is 0.261 e. The molecule has 0 N–H and O–H groups in total. The maximum absolute atomic E-state index is 4.73. The molecule has 0 saturated carbocycles. The summed E-state index contributed by atoms with van der Waals surface area (Å²) in [5.41, 5.74) is 5.59. The Morgan fingerprint density at radius 2 is 1.84 bits per heavy atom. The van der Waals surface area contributed by atoms with Crippen LogP contribution in [0.25, 0.3) is 22.2 Å². The molecule has 1 aliphatic rings. The molecule has 0 aliphatic carbocycles. The Balaban J connectivity index is 1.86. The number of para-hydroxylation sites is 1. The minimum atomic E-state index is 0.927. The highest BCUT2D eigenvalue weighted by Crippen LogP contribution is 2.29. The van der Waals surface area contributed by atoms with E-state index in [0.29, 0.717) is 0 Å². The highest BCUT2D eigenvalue weighted by molar-refractivity contribution is 5.83. The Labute approximate surface area is 111 Å². The number of pyridine rings is 1. The number of benzene rings is 2. The van der Waals surface area contributed by atoms with Gasteiger partial charge in [-0.05, 0) is 29.8 Å². The van der Waals surface area contributed by atoms with Gasteiger partial charge >= 0.3 is 0 Å². The molecule has 4 rings (SSSR count). The molecule has 2 heteroatoms. The molecule has 0 unspecified atom stereocenters. The molecule has 2 heterocycles. The van der Waals surface area contributed by atoms with Crippen LogP contribution in [-0.2, 0) is 6.42 Å². The van der Waals surface area contributed by atoms with Crippen LogP contribution in [0.1, 0.15) is 5.56 Å². The molecule has 0 atom stereocenters.